The van der Waals surface area contributed by atoms with Gasteiger partial charge in [-0.15, -0.1) is 0 Å². The van der Waals surface area contributed by atoms with Crippen molar-refractivity contribution >= 4 is 11.9 Å². The predicted octanol–water partition coefficient (Wildman–Crippen LogP) is 0.718. The zero-order valence-electron chi connectivity index (χ0n) is 13.7. The molecule has 1 aromatic heterocycles. The van der Waals surface area contributed by atoms with Gasteiger partial charge in [-0.25, -0.2) is 5.10 Å². The number of aromatic nitrogens is 3. The van der Waals surface area contributed by atoms with E-state index in [0.29, 0.717) is 11.9 Å². The Hall–Kier alpha value is -1.63. The van der Waals surface area contributed by atoms with Crippen molar-refractivity contribution in [3.8, 4) is 0 Å². The average molecular weight is 318 g/mol. The minimum Gasteiger partial charge on any atom is -0.339 e. The molecule has 3 aliphatic heterocycles. The van der Waals surface area contributed by atoms with E-state index in [1.807, 2.05) is 0 Å². The summed E-state index contributed by atoms with van der Waals surface area (Å²) in [6.45, 7) is 5.64. The van der Waals surface area contributed by atoms with Crippen LogP contribution in [0.25, 0.3) is 0 Å². The van der Waals surface area contributed by atoms with Crippen LogP contribution in [0.4, 0.5) is 5.95 Å². The number of fused-ring (bicyclic) bond motifs is 1. The molecular formula is C16H26N6O. The Kier molecular flexibility index (Phi) is 4.20. The first-order valence-corrected chi connectivity index (χ1v) is 8.96. The molecular weight excluding hydrogens is 292 g/mol. The zero-order valence-corrected chi connectivity index (χ0v) is 13.7. The summed E-state index contributed by atoms with van der Waals surface area (Å²) in [6.07, 6.45) is 7.56. The van der Waals surface area contributed by atoms with Crippen molar-refractivity contribution in [1.82, 2.24) is 25.0 Å². The second kappa shape index (κ2) is 6.47. The van der Waals surface area contributed by atoms with Crippen LogP contribution in [0.2, 0.25) is 0 Å². The van der Waals surface area contributed by atoms with Gasteiger partial charge in [0, 0.05) is 32.2 Å². The van der Waals surface area contributed by atoms with Crippen LogP contribution in [0, 0.1) is 5.92 Å². The van der Waals surface area contributed by atoms with Gasteiger partial charge in [0.15, 0.2) is 0 Å². The van der Waals surface area contributed by atoms with Crippen LogP contribution in [-0.4, -0.2) is 76.2 Å². The van der Waals surface area contributed by atoms with E-state index in [4.69, 9.17) is 0 Å². The number of piperidine rings is 2. The number of nitrogens with zero attached hydrogens (tertiary/aromatic N) is 5. The summed E-state index contributed by atoms with van der Waals surface area (Å²) in [5, 5.41) is 6.81. The van der Waals surface area contributed by atoms with E-state index in [1.54, 1.807) is 0 Å². The number of hydrogen-bond donors (Lipinski definition) is 1. The first-order chi connectivity index (χ1) is 11.3. The van der Waals surface area contributed by atoms with Gasteiger partial charge in [-0.3, -0.25) is 9.69 Å². The Morgan fingerprint density at radius 1 is 1.04 bits per heavy atom. The van der Waals surface area contributed by atoms with Gasteiger partial charge in [0.1, 0.15) is 6.33 Å². The first kappa shape index (κ1) is 14.9. The lowest BCUT2D eigenvalue weighted by Gasteiger charge is -2.45. The van der Waals surface area contributed by atoms with Crippen molar-refractivity contribution < 1.29 is 4.79 Å². The average Bonchev–Trinajstić information content (AvgIpc) is 3.15. The van der Waals surface area contributed by atoms with Gasteiger partial charge in [-0.2, -0.15) is 10.1 Å². The molecule has 3 fully saturated rings. The molecule has 1 aromatic rings. The van der Waals surface area contributed by atoms with Crippen LogP contribution < -0.4 is 4.90 Å². The van der Waals surface area contributed by atoms with Crippen molar-refractivity contribution in [3.63, 3.8) is 0 Å². The highest BCUT2D eigenvalue weighted by atomic mass is 16.2. The summed E-state index contributed by atoms with van der Waals surface area (Å²) in [5.74, 6) is 1.42. The molecule has 0 aliphatic carbocycles. The van der Waals surface area contributed by atoms with Crippen molar-refractivity contribution in [2.24, 2.45) is 5.92 Å². The third-order valence-electron chi connectivity index (χ3n) is 5.70. The van der Waals surface area contributed by atoms with Gasteiger partial charge in [-0.05, 0) is 38.8 Å². The number of H-pyrrole nitrogens is 1. The number of nitrogens with one attached hydrogen (secondary N) is 1. The molecule has 1 N–H and O–H groups in total. The van der Waals surface area contributed by atoms with E-state index in [0.717, 1.165) is 38.5 Å². The number of rotatable bonds is 2. The molecule has 4 rings (SSSR count). The minimum atomic E-state index is 0.223. The van der Waals surface area contributed by atoms with E-state index in [9.17, 15) is 4.79 Å². The Morgan fingerprint density at radius 2 is 1.87 bits per heavy atom. The summed E-state index contributed by atoms with van der Waals surface area (Å²) in [6, 6.07) is 0.498. The molecule has 126 valence electrons. The molecule has 4 heterocycles. The van der Waals surface area contributed by atoms with Gasteiger partial charge in [-0.1, -0.05) is 6.42 Å². The molecule has 1 amide bonds. The summed E-state index contributed by atoms with van der Waals surface area (Å²) in [7, 11) is 0. The Morgan fingerprint density at radius 3 is 2.65 bits per heavy atom. The molecule has 0 bridgehead atoms. The second-order valence-corrected chi connectivity index (χ2v) is 6.97. The Bertz CT molecular complexity index is 523. The molecule has 0 spiro atoms. The van der Waals surface area contributed by atoms with E-state index < -0.39 is 0 Å². The first-order valence-electron chi connectivity index (χ1n) is 8.96. The fourth-order valence-corrected chi connectivity index (χ4v) is 4.47. The summed E-state index contributed by atoms with van der Waals surface area (Å²) < 4.78 is 0. The Labute approximate surface area is 137 Å². The summed E-state index contributed by atoms with van der Waals surface area (Å²) in [4.78, 5) is 24.1. The number of carbonyl (C=O) groups excluding carboxylic acids is 1. The van der Waals surface area contributed by atoms with E-state index in [2.05, 4.69) is 29.9 Å². The van der Waals surface area contributed by atoms with E-state index in [1.165, 1.54) is 45.1 Å². The molecule has 7 heteroatoms. The maximum Gasteiger partial charge on any atom is 0.227 e. The lowest BCUT2D eigenvalue weighted by atomic mass is 9.82. The number of aromatic amines is 1. The number of carbonyl (C=O) groups is 1. The van der Waals surface area contributed by atoms with Crippen LogP contribution in [0.5, 0.6) is 0 Å². The maximum absolute atomic E-state index is 13.0. The maximum atomic E-state index is 13.0. The van der Waals surface area contributed by atoms with Crippen LogP contribution in [-0.2, 0) is 4.79 Å². The van der Waals surface area contributed by atoms with Crippen LogP contribution in [0.15, 0.2) is 6.33 Å². The monoisotopic (exact) mass is 318 g/mol. The minimum absolute atomic E-state index is 0.223. The molecule has 0 aromatic carbocycles. The van der Waals surface area contributed by atoms with Gasteiger partial charge in [0.2, 0.25) is 11.9 Å². The van der Waals surface area contributed by atoms with Crippen LogP contribution >= 0.6 is 0 Å². The molecule has 3 aliphatic rings. The normalized spacial score (nSPS) is 29.4. The van der Waals surface area contributed by atoms with Crippen molar-refractivity contribution in [1.29, 1.82) is 0 Å². The van der Waals surface area contributed by atoms with Crippen molar-refractivity contribution in [2.75, 3.05) is 44.2 Å². The van der Waals surface area contributed by atoms with Gasteiger partial charge in [0.05, 0.1) is 5.92 Å². The molecule has 0 saturated carbocycles. The largest absolute Gasteiger partial charge is 0.339 e. The fourth-order valence-electron chi connectivity index (χ4n) is 4.47. The number of piperazine rings is 1. The smallest absolute Gasteiger partial charge is 0.227 e. The van der Waals surface area contributed by atoms with Crippen LogP contribution in [0.1, 0.15) is 32.1 Å². The number of amides is 1. The van der Waals surface area contributed by atoms with Gasteiger partial charge in [0.25, 0.3) is 0 Å². The predicted molar refractivity (Wildman–Crippen MR) is 87.1 cm³/mol. The van der Waals surface area contributed by atoms with Crippen molar-refractivity contribution in [2.45, 2.75) is 38.1 Å². The molecule has 0 unspecified atom stereocenters. The van der Waals surface area contributed by atoms with E-state index in [-0.39, 0.29) is 5.92 Å². The topological polar surface area (TPSA) is 68.4 Å². The quantitative estimate of drug-likeness (QED) is 0.870. The highest BCUT2D eigenvalue weighted by Crippen LogP contribution is 2.32. The molecule has 0 radical (unpaired) electrons. The molecule has 23 heavy (non-hydrogen) atoms. The lowest BCUT2D eigenvalue weighted by molar-refractivity contribution is -0.140. The summed E-state index contributed by atoms with van der Waals surface area (Å²) in [5.41, 5.74) is 0. The third kappa shape index (κ3) is 2.94. The second-order valence-electron chi connectivity index (χ2n) is 6.97. The number of hydrogen-bond acceptors (Lipinski definition) is 5. The standard InChI is InChI=1S/C16H26N6O/c23-15(13-4-3-7-20-6-2-1-5-14(13)20)21-8-10-22(11-9-21)16-17-12-18-19-16/h12-14H,1-11H2,(H,17,18,19)/t13-,14-/m1/s1. The van der Waals surface area contributed by atoms with Crippen molar-refractivity contribution in [3.05, 3.63) is 6.33 Å². The molecule has 2 atom stereocenters. The highest BCUT2D eigenvalue weighted by molar-refractivity contribution is 5.80. The fraction of sp³-hybridized carbons (Fsp3) is 0.812. The van der Waals surface area contributed by atoms with Crippen LogP contribution in [0.3, 0.4) is 0 Å². The SMILES string of the molecule is O=C([C@@H]1CCCN2CCCC[C@H]12)N1CCN(c2ncn[nH]2)CC1. The molecule has 7 nitrogen and oxygen atoms in total. The summed E-state index contributed by atoms with van der Waals surface area (Å²) >= 11 is 0. The van der Waals surface area contributed by atoms with Gasteiger partial charge >= 0.3 is 0 Å². The Balaban J connectivity index is 1.37. The number of anilines is 1. The lowest BCUT2D eigenvalue weighted by Crippen LogP contribution is -2.56. The van der Waals surface area contributed by atoms with Gasteiger partial charge < -0.3 is 9.80 Å². The van der Waals surface area contributed by atoms with E-state index >= 15 is 0 Å². The highest BCUT2D eigenvalue weighted by Gasteiger charge is 2.39. The molecule has 3 saturated heterocycles. The zero-order chi connectivity index (χ0) is 15.6. The third-order valence-corrected chi connectivity index (χ3v) is 5.70.